The molecule has 110 valence electrons. The maximum absolute atomic E-state index is 12.3. The van der Waals surface area contributed by atoms with Gasteiger partial charge in [0.2, 0.25) is 0 Å². The standard InChI is InChI=1S/C16H25N3O/c1-4-6-12-9-14(12)19-16(20)13-10-18-11(3)8-15(13)17-7-5-2/h8,10,12,14H,4-7,9H2,1-3H3,(H,17,18)(H,19,20). The molecule has 1 heterocycles. The van der Waals surface area contributed by atoms with Gasteiger partial charge < -0.3 is 10.6 Å². The Morgan fingerprint density at radius 2 is 2.20 bits per heavy atom. The number of anilines is 1. The van der Waals surface area contributed by atoms with Crippen molar-refractivity contribution >= 4 is 11.6 Å². The fourth-order valence-corrected chi connectivity index (χ4v) is 2.51. The minimum Gasteiger partial charge on any atom is -0.384 e. The van der Waals surface area contributed by atoms with E-state index >= 15 is 0 Å². The molecule has 0 aromatic carbocycles. The highest BCUT2D eigenvalue weighted by molar-refractivity contribution is 5.99. The molecule has 1 fully saturated rings. The van der Waals surface area contributed by atoms with Crippen LogP contribution in [0.3, 0.4) is 0 Å². The summed E-state index contributed by atoms with van der Waals surface area (Å²) in [5.74, 6) is 0.675. The topological polar surface area (TPSA) is 54.0 Å². The average Bonchev–Trinajstić information content (AvgIpc) is 3.14. The minimum absolute atomic E-state index is 0.000272. The van der Waals surface area contributed by atoms with Crippen LogP contribution in [-0.2, 0) is 0 Å². The molecule has 0 bridgehead atoms. The Bertz CT molecular complexity index is 473. The molecule has 0 aliphatic heterocycles. The Morgan fingerprint density at radius 1 is 1.40 bits per heavy atom. The third kappa shape index (κ3) is 3.71. The number of hydrogen-bond acceptors (Lipinski definition) is 3. The van der Waals surface area contributed by atoms with Gasteiger partial charge in [0.25, 0.3) is 5.91 Å². The Kier molecular flexibility index (Phi) is 4.99. The van der Waals surface area contributed by atoms with Crippen LogP contribution < -0.4 is 10.6 Å². The highest BCUT2D eigenvalue weighted by atomic mass is 16.1. The van der Waals surface area contributed by atoms with Crippen LogP contribution in [0.4, 0.5) is 5.69 Å². The van der Waals surface area contributed by atoms with Crippen molar-refractivity contribution < 1.29 is 4.79 Å². The number of aromatic nitrogens is 1. The van der Waals surface area contributed by atoms with E-state index in [9.17, 15) is 4.79 Å². The molecular formula is C16H25N3O. The van der Waals surface area contributed by atoms with E-state index in [-0.39, 0.29) is 5.91 Å². The first-order valence-electron chi connectivity index (χ1n) is 7.67. The van der Waals surface area contributed by atoms with Crippen molar-refractivity contribution in [1.82, 2.24) is 10.3 Å². The molecule has 1 amide bonds. The van der Waals surface area contributed by atoms with Crippen LogP contribution in [0.15, 0.2) is 12.3 Å². The van der Waals surface area contributed by atoms with Gasteiger partial charge in [-0.05, 0) is 38.2 Å². The number of pyridine rings is 1. The molecule has 4 heteroatoms. The first kappa shape index (κ1) is 14.8. The summed E-state index contributed by atoms with van der Waals surface area (Å²) in [6, 6.07) is 2.31. The summed E-state index contributed by atoms with van der Waals surface area (Å²) < 4.78 is 0. The molecule has 2 unspecified atom stereocenters. The zero-order valence-corrected chi connectivity index (χ0v) is 12.7. The number of rotatable bonds is 7. The highest BCUT2D eigenvalue weighted by Crippen LogP contribution is 2.34. The Morgan fingerprint density at radius 3 is 2.90 bits per heavy atom. The molecule has 0 saturated heterocycles. The molecule has 4 nitrogen and oxygen atoms in total. The monoisotopic (exact) mass is 275 g/mol. The van der Waals surface area contributed by atoms with E-state index < -0.39 is 0 Å². The molecule has 1 aromatic heterocycles. The van der Waals surface area contributed by atoms with Crippen LogP contribution in [0.2, 0.25) is 0 Å². The smallest absolute Gasteiger partial charge is 0.255 e. The maximum atomic E-state index is 12.3. The number of amides is 1. The number of nitrogens with zero attached hydrogens (tertiary/aromatic N) is 1. The lowest BCUT2D eigenvalue weighted by molar-refractivity contribution is 0.0949. The number of nitrogens with one attached hydrogen (secondary N) is 2. The van der Waals surface area contributed by atoms with Crippen LogP contribution >= 0.6 is 0 Å². The van der Waals surface area contributed by atoms with E-state index in [1.54, 1.807) is 6.20 Å². The summed E-state index contributed by atoms with van der Waals surface area (Å²) in [5.41, 5.74) is 2.48. The van der Waals surface area contributed by atoms with E-state index in [2.05, 4.69) is 29.5 Å². The minimum atomic E-state index is -0.000272. The SMILES string of the molecule is CCCNc1cc(C)ncc1C(=O)NC1CC1CCC. The molecular weight excluding hydrogens is 250 g/mol. The Hall–Kier alpha value is -1.58. The zero-order valence-electron chi connectivity index (χ0n) is 12.7. The van der Waals surface area contributed by atoms with Gasteiger partial charge in [-0.25, -0.2) is 0 Å². The molecule has 1 aliphatic rings. The lowest BCUT2D eigenvalue weighted by Gasteiger charge is -2.12. The van der Waals surface area contributed by atoms with Crippen molar-refractivity contribution in [3.63, 3.8) is 0 Å². The van der Waals surface area contributed by atoms with Crippen molar-refractivity contribution in [2.75, 3.05) is 11.9 Å². The second-order valence-corrected chi connectivity index (χ2v) is 5.66. The van der Waals surface area contributed by atoms with E-state index in [0.29, 0.717) is 17.5 Å². The summed E-state index contributed by atoms with van der Waals surface area (Å²) in [7, 11) is 0. The van der Waals surface area contributed by atoms with Gasteiger partial charge in [0.1, 0.15) is 0 Å². The lowest BCUT2D eigenvalue weighted by Crippen LogP contribution is -2.28. The number of carbonyl (C=O) groups is 1. The van der Waals surface area contributed by atoms with E-state index in [0.717, 1.165) is 30.8 Å². The first-order chi connectivity index (χ1) is 9.65. The summed E-state index contributed by atoms with van der Waals surface area (Å²) in [5, 5.41) is 6.44. The quantitative estimate of drug-likeness (QED) is 0.804. The molecule has 2 atom stereocenters. The lowest BCUT2D eigenvalue weighted by atomic mass is 10.2. The fraction of sp³-hybridized carbons (Fsp3) is 0.625. The largest absolute Gasteiger partial charge is 0.384 e. The van der Waals surface area contributed by atoms with Crippen molar-refractivity contribution in [3.05, 3.63) is 23.5 Å². The van der Waals surface area contributed by atoms with Crippen LogP contribution in [0.5, 0.6) is 0 Å². The van der Waals surface area contributed by atoms with Crippen molar-refractivity contribution in [2.45, 2.75) is 52.5 Å². The van der Waals surface area contributed by atoms with Gasteiger partial charge in [-0.3, -0.25) is 9.78 Å². The second kappa shape index (κ2) is 6.73. The molecule has 2 rings (SSSR count). The van der Waals surface area contributed by atoms with Gasteiger partial charge in [0, 0.05) is 24.5 Å². The molecule has 20 heavy (non-hydrogen) atoms. The van der Waals surface area contributed by atoms with Gasteiger partial charge in [0.05, 0.1) is 11.3 Å². The predicted molar refractivity (Wildman–Crippen MR) is 82.0 cm³/mol. The third-order valence-electron chi connectivity index (χ3n) is 3.75. The van der Waals surface area contributed by atoms with Gasteiger partial charge in [-0.2, -0.15) is 0 Å². The molecule has 0 spiro atoms. The van der Waals surface area contributed by atoms with Gasteiger partial charge in [-0.1, -0.05) is 20.3 Å². The van der Waals surface area contributed by atoms with E-state index in [4.69, 9.17) is 0 Å². The molecule has 1 aromatic rings. The molecule has 1 saturated carbocycles. The summed E-state index contributed by atoms with van der Waals surface area (Å²) in [4.78, 5) is 16.6. The molecule has 1 aliphatic carbocycles. The Balaban J connectivity index is 2.01. The number of hydrogen-bond donors (Lipinski definition) is 2. The summed E-state index contributed by atoms with van der Waals surface area (Å²) >= 11 is 0. The summed E-state index contributed by atoms with van der Waals surface area (Å²) in [6.45, 7) is 7.11. The third-order valence-corrected chi connectivity index (χ3v) is 3.75. The first-order valence-corrected chi connectivity index (χ1v) is 7.67. The van der Waals surface area contributed by atoms with E-state index in [1.807, 2.05) is 13.0 Å². The van der Waals surface area contributed by atoms with Crippen molar-refractivity contribution in [2.24, 2.45) is 5.92 Å². The normalized spacial score (nSPS) is 20.6. The van der Waals surface area contributed by atoms with Gasteiger partial charge in [-0.15, -0.1) is 0 Å². The molecule has 0 radical (unpaired) electrons. The fourth-order valence-electron chi connectivity index (χ4n) is 2.51. The second-order valence-electron chi connectivity index (χ2n) is 5.66. The van der Waals surface area contributed by atoms with Gasteiger partial charge in [0.15, 0.2) is 0 Å². The zero-order chi connectivity index (χ0) is 14.5. The van der Waals surface area contributed by atoms with Crippen LogP contribution in [0.1, 0.15) is 55.6 Å². The summed E-state index contributed by atoms with van der Waals surface area (Å²) in [6.07, 6.45) is 6.23. The van der Waals surface area contributed by atoms with Crippen LogP contribution in [-0.4, -0.2) is 23.5 Å². The van der Waals surface area contributed by atoms with Crippen LogP contribution in [0, 0.1) is 12.8 Å². The molecule has 2 N–H and O–H groups in total. The average molecular weight is 275 g/mol. The maximum Gasteiger partial charge on any atom is 0.255 e. The highest BCUT2D eigenvalue weighted by Gasteiger charge is 2.37. The number of aryl methyl sites for hydroxylation is 1. The Labute approximate surface area is 121 Å². The van der Waals surface area contributed by atoms with E-state index in [1.165, 1.54) is 12.8 Å². The van der Waals surface area contributed by atoms with Crippen molar-refractivity contribution in [3.8, 4) is 0 Å². The predicted octanol–water partition coefficient (Wildman–Crippen LogP) is 3.13. The van der Waals surface area contributed by atoms with Gasteiger partial charge >= 0.3 is 0 Å². The van der Waals surface area contributed by atoms with Crippen LogP contribution in [0.25, 0.3) is 0 Å². The number of carbonyl (C=O) groups excluding carboxylic acids is 1. The van der Waals surface area contributed by atoms with Crippen molar-refractivity contribution in [1.29, 1.82) is 0 Å².